The van der Waals surface area contributed by atoms with Gasteiger partial charge in [0, 0.05) is 30.9 Å². The summed E-state index contributed by atoms with van der Waals surface area (Å²) in [6.07, 6.45) is 0.264. The van der Waals surface area contributed by atoms with Crippen LogP contribution in [-0.2, 0) is 9.53 Å². The summed E-state index contributed by atoms with van der Waals surface area (Å²) in [4.78, 5) is 26.1. The fourth-order valence-electron chi connectivity index (χ4n) is 2.82. The van der Waals surface area contributed by atoms with Crippen LogP contribution in [0, 0.1) is 0 Å². The molecular formula is C17H25N3O3. The van der Waals surface area contributed by atoms with Crippen LogP contribution in [-0.4, -0.2) is 55.1 Å². The molecule has 2 amide bonds. The van der Waals surface area contributed by atoms with Gasteiger partial charge in [0.15, 0.2) is 0 Å². The Morgan fingerprint density at radius 3 is 2.61 bits per heavy atom. The van der Waals surface area contributed by atoms with Crippen molar-refractivity contribution in [2.24, 2.45) is 0 Å². The third-order valence-corrected chi connectivity index (χ3v) is 3.61. The van der Waals surface area contributed by atoms with Crippen LogP contribution in [0.25, 0.3) is 0 Å². The highest BCUT2D eigenvalue weighted by atomic mass is 16.5. The van der Waals surface area contributed by atoms with Gasteiger partial charge in [0.2, 0.25) is 5.91 Å². The molecule has 1 aliphatic rings. The monoisotopic (exact) mass is 319 g/mol. The van der Waals surface area contributed by atoms with Gasteiger partial charge in [-0.05, 0) is 39.0 Å². The molecule has 1 fully saturated rings. The van der Waals surface area contributed by atoms with E-state index in [9.17, 15) is 9.59 Å². The van der Waals surface area contributed by atoms with Crippen molar-refractivity contribution in [3.63, 3.8) is 0 Å². The molecule has 2 N–H and O–H groups in total. The molecule has 0 bridgehead atoms. The molecule has 1 aromatic rings. The summed E-state index contributed by atoms with van der Waals surface area (Å²) in [5.74, 6) is -0.223. The number of anilines is 1. The zero-order valence-electron chi connectivity index (χ0n) is 14.0. The molecule has 1 saturated heterocycles. The molecule has 0 aliphatic carbocycles. The first-order valence-electron chi connectivity index (χ1n) is 8.04. The number of carbonyl (C=O) groups excluding carboxylic acids is 2. The van der Waals surface area contributed by atoms with E-state index in [2.05, 4.69) is 15.5 Å². The van der Waals surface area contributed by atoms with Gasteiger partial charge in [0.1, 0.15) is 0 Å². The van der Waals surface area contributed by atoms with E-state index in [4.69, 9.17) is 4.74 Å². The van der Waals surface area contributed by atoms with Crippen molar-refractivity contribution in [3.8, 4) is 0 Å². The summed E-state index contributed by atoms with van der Waals surface area (Å²) in [6.45, 7) is 8.28. The highest BCUT2D eigenvalue weighted by Gasteiger charge is 2.23. The topological polar surface area (TPSA) is 70.7 Å². The van der Waals surface area contributed by atoms with Crippen LogP contribution >= 0.6 is 0 Å². The number of hydrogen-bond donors (Lipinski definition) is 2. The Morgan fingerprint density at radius 1 is 1.26 bits per heavy atom. The molecule has 126 valence electrons. The maximum Gasteiger partial charge on any atom is 0.251 e. The van der Waals surface area contributed by atoms with Crippen LogP contribution in [0.15, 0.2) is 24.3 Å². The number of nitrogens with zero attached hydrogens (tertiary/aromatic N) is 1. The average Bonchev–Trinajstić information content (AvgIpc) is 2.46. The number of ether oxygens (including phenoxy) is 1. The summed E-state index contributed by atoms with van der Waals surface area (Å²) in [6, 6.07) is 6.96. The van der Waals surface area contributed by atoms with E-state index in [1.54, 1.807) is 24.3 Å². The molecular weight excluding hydrogens is 294 g/mol. The lowest BCUT2D eigenvalue weighted by atomic mass is 10.2. The molecule has 23 heavy (non-hydrogen) atoms. The molecule has 2 rings (SSSR count). The molecule has 1 heterocycles. The second-order valence-corrected chi connectivity index (χ2v) is 5.94. The van der Waals surface area contributed by atoms with Gasteiger partial charge in [-0.3, -0.25) is 14.5 Å². The highest BCUT2D eigenvalue weighted by Crippen LogP contribution is 2.13. The molecule has 6 nitrogen and oxygen atoms in total. The lowest BCUT2D eigenvalue weighted by molar-refractivity contribution is -0.121. The fourth-order valence-corrected chi connectivity index (χ4v) is 2.82. The Hall–Kier alpha value is -1.92. The predicted octanol–water partition coefficient (Wildman–Crippen LogP) is 1.48. The SMILES string of the molecule is CCNC(=O)c1cccc(NC(=O)CN2C[C@@H](C)O[C@@H](C)C2)c1. The standard InChI is InChI=1S/C17H25N3O3/c1-4-18-17(22)14-6-5-7-15(8-14)19-16(21)11-20-9-12(2)23-13(3)10-20/h5-8,12-13H,4,9-11H2,1-3H3,(H,18,22)(H,19,21)/t12-,13+. The smallest absolute Gasteiger partial charge is 0.251 e. The largest absolute Gasteiger partial charge is 0.373 e. The van der Waals surface area contributed by atoms with Crippen LogP contribution in [0.1, 0.15) is 31.1 Å². The Kier molecular flexibility index (Phi) is 6.12. The van der Waals surface area contributed by atoms with Gasteiger partial charge < -0.3 is 15.4 Å². The van der Waals surface area contributed by atoms with Crippen molar-refractivity contribution in [2.45, 2.75) is 33.0 Å². The quantitative estimate of drug-likeness (QED) is 0.862. The molecule has 6 heteroatoms. The molecule has 2 atom stereocenters. The average molecular weight is 319 g/mol. The van der Waals surface area contributed by atoms with Crippen molar-refractivity contribution in [2.75, 3.05) is 31.5 Å². The van der Waals surface area contributed by atoms with Crippen LogP contribution in [0.4, 0.5) is 5.69 Å². The normalized spacial score (nSPS) is 21.7. The minimum atomic E-state index is -0.139. The van der Waals surface area contributed by atoms with Crippen LogP contribution in [0.5, 0.6) is 0 Å². The van der Waals surface area contributed by atoms with E-state index >= 15 is 0 Å². The molecule has 1 aliphatic heterocycles. The van der Waals surface area contributed by atoms with E-state index in [-0.39, 0.29) is 24.0 Å². The number of nitrogens with one attached hydrogen (secondary N) is 2. The Balaban J connectivity index is 1.92. The zero-order valence-corrected chi connectivity index (χ0v) is 14.0. The Labute approximate surface area is 137 Å². The first-order valence-corrected chi connectivity index (χ1v) is 8.04. The van der Waals surface area contributed by atoms with E-state index in [0.29, 0.717) is 24.3 Å². The first-order chi connectivity index (χ1) is 11.0. The summed E-state index contributed by atoms with van der Waals surface area (Å²) in [5, 5.41) is 5.60. The first kappa shape index (κ1) is 17.4. The molecule has 1 aromatic carbocycles. The molecule has 0 spiro atoms. The van der Waals surface area contributed by atoms with Gasteiger partial charge in [-0.25, -0.2) is 0 Å². The van der Waals surface area contributed by atoms with Crippen LogP contribution in [0.2, 0.25) is 0 Å². The third kappa shape index (κ3) is 5.33. The lowest BCUT2D eigenvalue weighted by Crippen LogP contribution is -2.48. The van der Waals surface area contributed by atoms with E-state index < -0.39 is 0 Å². The van der Waals surface area contributed by atoms with Gasteiger partial charge in [0.05, 0.1) is 18.8 Å². The predicted molar refractivity (Wildman–Crippen MR) is 89.5 cm³/mol. The maximum atomic E-state index is 12.2. The van der Waals surface area contributed by atoms with Crippen LogP contribution in [0.3, 0.4) is 0 Å². The van der Waals surface area contributed by atoms with Gasteiger partial charge >= 0.3 is 0 Å². The lowest BCUT2D eigenvalue weighted by Gasteiger charge is -2.34. The summed E-state index contributed by atoms with van der Waals surface area (Å²) in [7, 11) is 0. The van der Waals surface area contributed by atoms with Crippen molar-refractivity contribution in [1.29, 1.82) is 0 Å². The Bertz CT molecular complexity index is 552. The Morgan fingerprint density at radius 2 is 1.96 bits per heavy atom. The number of amides is 2. The van der Waals surface area contributed by atoms with Gasteiger partial charge in [-0.15, -0.1) is 0 Å². The molecule has 0 aromatic heterocycles. The number of carbonyl (C=O) groups is 2. The number of hydrogen-bond acceptors (Lipinski definition) is 4. The summed E-state index contributed by atoms with van der Waals surface area (Å²) in [5.41, 5.74) is 1.17. The van der Waals surface area contributed by atoms with Crippen molar-refractivity contribution in [3.05, 3.63) is 29.8 Å². The third-order valence-electron chi connectivity index (χ3n) is 3.61. The summed E-state index contributed by atoms with van der Waals surface area (Å²) >= 11 is 0. The van der Waals surface area contributed by atoms with Gasteiger partial charge in [-0.1, -0.05) is 6.07 Å². The minimum Gasteiger partial charge on any atom is -0.373 e. The summed E-state index contributed by atoms with van der Waals surface area (Å²) < 4.78 is 5.66. The van der Waals surface area contributed by atoms with Gasteiger partial charge in [-0.2, -0.15) is 0 Å². The van der Waals surface area contributed by atoms with E-state index in [1.165, 1.54) is 0 Å². The van der Waals surface area contributed by atoms with Crippen molar-refractivity contribution < 1.29 is 14.3 Å². The number of benzene rings is 1. The van der Waals surface area contributed by atoms with Crippen molar-refractivity contribution in [1.82, 2.24) is 10.2 Å². The number of rotatable bonds is 5. The number of morpholine rings is 1. The molecule has 0 saturated carbocycles. The van der Waals surface area contributed by atoms with E-state index in [0.717, 1.165) is 13.1 Å². The second-order valence-electron chi connectivity index (χ2n) is 5.94. The van der Waals surface area contributed by atoms with Gasteiger partial charge in [0.25, 0.3) is 5.91 Å². The second kappa shape index (κ2) is 8.08. The van der Waals surface area contributed by atoms with Crippen molar-refractivity contribution >= 4 is 17.5 Å². The molecule has 0 radical (unpaired) electrons. The molecule has 0 unspecified atom stereocenters. The fraction of sp³-hybridized carbons (Fsp3) is 0.529. The zero-order chi connectivity index (χ0) is 16.8. The maximum absolute atomic E-state index is 12.2. The van der Waals surface area contributed by atoms with Crippen LogP contribution < -0.4 is 10.6 Å². The highest BCUT2D eigenvalue weighted by molar-refractivity contribution is 5.97. The minimum absolute atomic E-state index is 0.0839. The van der Waals surface area contributed by atoms with E-state index in [1.807, 2.05) is 20.8 Å².